The first-order valence-electron chi connectivity index (χ1n) is 7.62. The summed E-state index contributed by atoms with van der Waals surface area (Å²) in [6, 6.07) is 11.1. The van der Waals surface area contributed by atoms with Crippen molar-refractivity contribution in [3.8, 4) is 17.2 Å². The van der Waals surface area contributed by atoms with Crippen LogP contribution in [0.15, 0.2) is 46.4 Å². The second-order valence-electron chi connectivity index (χ2n) is 5.37. The molecule has 1 aliphatic heterocycles. The van der Waals surface area contributed by atoms with Crippen LogP contribution in [-0.2, 0) is 16.1 Å². The molecule has 1 aliphatic rings. The summed E-state index contributed by atoms with van der Waals surface area (Å²) in [5.74, 6) is 1.54. The van der Waals surface area contributed by atoms with Gasteiger partial charge in [0.1, 0.15) is 19.0 Å². The molecule has 0 spiro atoms. The van der Waals surface area contributed by atoms with E-state index in [-0.39, 0.29) is 13.2 Å². The maximum absolute atomic E-state index is 12.3. The molecule has 0 atom stereocenters. The molecule has 2 aromatic rings. The van der Waals surface area contributed by atoms with Crippen molar-refractivity contribution < 1.29 is 23.7 Å². The van der Waals surface area contributed by atoms with Crippen molar-refractivity contribution in [3.63, 3.8) is 0 Å². The summed E-state index contributed by atoms with van der Waals surface area (Å²) in [6.45, 7) is 0.307. The molecule has 0 N–H and O–H groups in total. The molecule has 5 nitrogen and oxygen atoms in total. The van der Waals surface area contributed by atoms with Crippen molar-refractivity contribution >= 4 is 28.0 Å². The molecular weight excluding hydrogens is 388 g/mol. The van der Waals surface area contributed by atoms with Gasteiger partial charge in [0.05, 0.1) is 19.8 Å². The Morgan fingerprint density at radius 2 is 1.88 bits per heavy atom. The van der Waals surface area contributed by atoms with Gasteiger partial charge >= 0.3 is 5.97 Å². The zero-order chi connectivity index (χ0) is 17.8. The van der Waals surface area contributed by atoms with Crippen molar-refractivity contribution in [2.24, 2.45) is 0 Å². The standard InChI is InChI=1S/C19H17BrO5/c1-22-17-8-13(15(20)9-18(17)23-2)10-25-19(21)14-7-12-5-3-4-6-16(12)24-11-14/h3-9H,10-11H2,1-2H3. The van der Waals surface area contributed by atoms with Crippen LogP contribution in [0.2, 0.25) is 0 Å². The van der Waals surface area contributed by atoms with Gasteiger partial charge < -0.3 is 18.9 Å². The van der Waals surface area contributed by atoms with Crippen LogP contribution in [0.4, 0.5) is 0 Å². The van der Waals surface area contributed by atoms with Crippen LogP contribution in [0.3, 0.4) is 0 Å². The van der Waals surface area contributed by atoms with E-state index in [1.165, 1.54) is 0 Å². The molecule has 130 valence electrons. The quantitative estimate of drug-likeness (QED) is 0.705. The third-order valence-electron chi connectivity index (χ3n) is 3.81. The van der Waals surface area contributed by atoms with Crippen LogP contribution < -0.4 is 14.2 Å². The fourth-order valence-electron chi connectivity index (χ4n) is 2.48. The van der Waals surface area contributed by atoms with Gasteiger partial charge in [-0.25, -0.2) is 4.79 Å². The number of benzene rings is 2. The Labute approximate surface area is 154 Å². The molecule has 25 heavy (non-hydrogen) atoms. The normalized spacial score (nSPS) is 12.5. The van der Waals surface area contributed by atoms with Gasteiger partial charge in [-0.3, -0.25) is 0 Å². The van der Waals surface area contributed by atoms with Gasteiger partial charge in [0.2, 0.25) is 0 Å². The third-order valence-corrected chi connectivity index (χ3v) is 4.54. The van der Waals surface area contributed by atoms with Crippen molar-refractivity contribution in [2.75, 3.05) is 20.8 Å². The smallest absolute Gasteiger partial charge is 0.337 e. The predicted molar refractivity (Wildman–Crippen MR) is 97.0 cm³/mol. The first kappa shape index (κ1) is 17.4. The second-order valence-corrected chi connectivity index (χ2v) is 6.23. The number of carbonyl (C=O) groups is 1. The Kier molecular flexibility index (Phi) is 5.28. The van der Waals surface area contributed by atoms with E-state index in [9.17, 15) is 4.79 Å². The maximum atomic E-state index is 12.3. The molecule has 0 radical (unpaired) electrons. The van der Waals surface area contributed by atoms with E-state index in [1.54, 1.807) is 32.4 Å². The van der Waals surface area contributed by atoms with Crippen LogP contribution in [0.5, 0.6) is 17.2 Å². The van der Waals surface area contributed by atoms with Gasteiger partial charge in [-0.1, -0.05) is 34.1 Å². The molecule has 0 saturated heterocycles. The lowest BCUT2D eigenvalue weighted by Gasteiger charge is -2.17. The minimum atomic E-state index is -0.406. The molecule has 0 fully saturated rings. The van der Waals surface area contributed by atoms with E-state index in [1.807, 2.05) is 24.3 Å². The molecule has 1 heterocycles. The highest BCUT2D eigenvalue weighted by molar-refractivity contribution is 9.10. The van der Waals surface area contributed by atoms with Gasteiger partial charge in [-0.15, -0.1) is 0 Å². The number of ether oxygens (including phenoxy) is 4. The number of para-hydroxylation sites is 1. The number of rotatable bonds is 5. The van der Waals surface area contributed by atoms with Gasteiger partial charge in [0, 0.05) is 15.6 Å². The molecule has 0 unspecified atom stereocenters. The third kappa shape index (κ3) is 3.79. The molecule has 0 amide bonds. The van der Waals surface area contributed by atoms with Gasteiger partial charge in [0.15, 0.2) is 11.5 Å². The SMILES string of the molecule is COc1cc(Br)c(COC(=O)C2=Cc3ccccc3OC2)cc1OC. The summed E-state index contributed by atoms with van der Waals surface area (Å²) in [5.41, 5.74) is 2.13. The minimum Gasteiger partial charge on any atom is -0.493 e. The average molecular weight is 405 g/mol. The van der Waals surface area contributed by atoms with Crippen molar-refractivity contribution in [2.45, 2.75) is 6.61 Å². The summed E-state index contributed by atoms with van der Waals surface area (Å²) in [4.78, 5) is 12.3. The minimum absolute atomic E-state index is 0.110. The van der Waals surface area contributed by atoms with E-state index in [0.29, 0.717) is 17.1 Å². The summed E-state index contributed by atoms with van der Waals surface area (Å²) < 4.78 is 22.3. The van der Waals surface area contributed by atoms with Gasteiger partial charge in [-0.05, 0) is 24.3 Å². The first-order chi connectivity index (χ1) is 12.1. The lowest BCUT2D eigenvalue weighted by atomic mass is 10.1. The summed E-state index contributed by atoms with van der Waals surface area (Å²) in [5, 5.41) is 0. The lowest BCUT2D eigenvalue weighted by Crippen LogP contribution is -2.17. The van der Waals surface area contributed by atoms with E-state index < -0.39 is 5.97 Å². The lowest BCUT2D eigenvalue weighted by molar-refractivity contribution is -0.140. The van der Waals surface area contributed by atoms with E-state index >= 15 is 0 Å². The summed E-state index contributed by atoms with van der Waals surface area (Å²) in [6.07, 6.45) is 1.80. The maximum Gasteiger partial charge on any atom is 0.337 e. The molecule has 0 aliphatic carbocycles. The van der Waals surface area contributed by atoms with Crippen LogP contribution in [0.25, 0.3) is 6.08 Å². The highest BCUT2D eigenvalue weighted by Gasteiger charge is 2.19. The van der Waals surface area contributed by atoms with Crippen molar-refractivity contribution in [3.05, 3.63) is 57.6 Å². The monoisotopic (exact) mass is 404 g/mol. The number of methoxy groups -OCH3 is 2. The predicted octanol–water partition coefficient (Wildman–Crippen LogP) is 3.99. The highest BCUT2D eigenvalue weighted by atomic mass is 79.9. The Morgan fingerprint density at radius 1 is 1.16 bits per heavy atom. The van der Waals surface area contributed by atoms with Gasteiger partial charge in [0.25, 0.3) is 0 Å². The Morgan fingerprint density at radius 3 is 2.64 bits per heavy atom. The molecule has 3 rings (SSSR count). The summed E-state index contributed by atoms with van der Waals surface area (Å²) in [7, 11) is 3.13. The number of carbonyl (C=O) groups excluding carboxylic acids is 1. The fraction of sp³-hybridized carbons (Fsp3) is 0.211. The number of fused-ring (bicyclic) bond motifs is 1. The molecular formula is C19H17BrO5. The molecule has 0 aromatic heterocycles. The molecule has 6 heteroatoms. The highest BCUT2D eigenvalue weighted by Crippen LogP contribution is 2.34. The largest absolute Gasteiger partial charge is 0.493 e. The average Bonchev–Trinajstić information content (AvgIpc) is 2.66. The van der Waals surface area contributed by atoms with Gasteiger partial charge in [-0.2, -0.15) is 0 Å². The number of halogens is 1. The fourth-order valence-corrected chi connectivity index (χ4v) is 2.91. The molecule has 2 aromatic carbocycles. The number of esters is 1. The van der Waals surface area contributed by atoms with Crippen molar-refractivity contribution in [1.29, 1.82) is 0 Å². The topological polar surface area (TPSA) is 54.0 Å². The zero-order valence-corrected chi connectivity index (χ0v) is 15.5. The first-order valence-corrected chi connectivity index (χ1v) is 8.41. The summed E-state index contributed by atoms with van der Waals surface area (Å²) >= 11 is 3.45. The number of hydrogen-bond donors (Lipinski definition) is 0. The van der Waals surface area contributed by atoms with E-state index in [0.717, 1.165) is 21.3 Å². The second kappa shape index (κ2) is 7.61. The van der Waals surface area contributed by atoms with E-state index in [4.69, 9.17) is 18.9 Å². The molecule has 0 saturated carbocycles. The van der Waals surface area contributed by atoms with Crippen LogP contribution in [-0.4, -0.2) is 26.8 Å². The Bertz CT molecular complexity index is 829. The van der Waals surface area contributed by atoms with Crippen LogP contribution in [0, 0.1) is 0 Å². The van der Waals surface area contributed by atoms with Crippen molar-refractivity contribution in [1.82, 2.24) is 0 Å². The van der Waals surface area contributed by atoms with Crippen LogP contribution >= 0.6 is 15.9 Å². The van der Waals surface area contributed by atoms with Crippen LogP contribution in [0.1, 0.15) is 11.1 Å². The molecule has 0 bridgehead atoms. The number of hydrogen-bond acceptors (Lipinski definition) is 5. The Hall–Kier alpha value is -2.47. The van der Waals surface area contributed by atoms with E-state index in [2.05, 4.69) is 15.9 Å². The zero-order valence-electron chi connectivity index (χ0n) is 13.9. The Balaban J connectivity index is 1.72.